The summed E-state index contributed by atoms with van der Waals surface area (Å²) in [5.74, 6) is -4.30. The highest BCUT2D eigenvalue weighted by molar-refractivity contribution is 6.45. The minimum absolute atomic E-state index is 0.0230. The van der Waals surface area contributed by atoms with Gasteiger partial charge in [-0.25, -0.2) is 4.79 Å². The van der Waals surface area contributed by atoms with Crippen molar-refractivity contribution in [1.82, 2.24) is 15.1 Å². The smallest absolute Gasteiger partial charge is 0.329 e. The van der Waals surface area contributed by atoms with Gasteiger partial charge in [0.2, 0.25) is 5.91 Å². The number of epoxide rings is 1. The van der Waals surface area contributed by atoms with Crippen LogP contribution in [0.25, 0.3) is 43.1 Å². The number of carbonyl (C=O) groups excluding carboxylic acids is 7. The van der Waals surface area contributed by atoms with Gasteiger partial charge in [-0.3, -0.25) is 33.8 Å². The minimum Gasteiger partial charge on any atom is -0.464 e. The zero-order valence-corrected chi connectivity index (χ0v) is 51.1. The second-order valence-corrected chi connectivity index (χ2v) is 23.9. The van der Waals surface area contributed by atoms with Crippen molar-refractivity contribution in [3.63, 3.8) is 0 Å². The monoisotopic (exact) mass is 1300 g/mol. The number of rotatable bonds is 21. The normalized spacial score (nSPS) is 14.8. The lowest BCUT2D eigenvalue weighted by Gasteiger charge is -2.35. The molecule has 0 radical (unpaired) electrons. The Bertz CT molecular complexity index is 4670. The van der Waals surface area contributed by atoms with Gasteiger partial charge in [0.15, 0.2) is 0 Å². The molecule has 0 spiro atoms. The van der Waals surface area contributed by atoms with Crippen LogP contribution < -0.4 is 24.3 Å². The molecule has 0 aromatic heterocycles. The lowest BCUT2D eigenvalue weighted by Crippen LogP contribution is -2.52. The number of carbonyl (C=O) groups is 7. The standard InChI is InChI=1S/C72H47Cl4N3O13/c73-40-15-7-19-45(27-40)89-55-31-50-60-51(69(83)78(68(50)82)44(36-80)25-38-11-3-1-4-12-38)32-56(90-46-20-8-16-41(74)28-46)63-65-58(92-48-22-10-18-43(76)30-48)34-53-61-52(33-57(64(67(61)65)62(55)66(60)63)91-47-21-9-17-42(75)29-47)70(84)79(71(53)85)54(26-39-13-5-2-6-14-39)72(86)87-24-23-59(81)77-35-49-37-88-49/h1-22,27-34,36,44,49,54H,23-26,35,37H2,(H,77,81). The number of nitrogens with one attached hydrogen (secondary N) is 1. The van der Waals surface area contributed by atoms with Gasteiger partial charge in [0.05, 0.1) is 47.4 Å². The molecule has 92 heavy (non-hydrogen) atoms. The van der Waals surface area contributed by atoms with Crippen molar-refractivity contribution in [2.45, 2.75) is 37.5 Å². The summed E-state index contributed by atoms with van der Waals surface area (Å²) in [5.41, 5.74) is 0.886. The van der Waals surface area contributed by atoms with Crippen molar-refractivity contribution in [2.75, 3.05) is 19.8 Å². The zero-order valence-electron chi connectivity index (χ0n) is 48.1. The van der Waals surface area contributed by atoms with Crippen molar-refractivity contribution < 1.29 is 62.0 Å². The van der Waals surface area contributed by atoms with Crippen molar-refractivity contribution in [3.05, 3.63) is 235 Å². The maximum absolute atomic E-state index is 16.2. The summed E-state index contributed by atoms with van der Waals surface area (Å²) >= 11 is 26.8. The molecule has 1 saturated heterocycles. The molecule has 3 aliphatic heterocycles. The second kappa shape index (κ2) is 24.6. The maximum Gasteiger partial charge on any atom is 0.329 e. The first-order valence-corrected chi connectivity index (χ1v) is 30.6. The molecule has 5 amide bonds. The van der Waals surface area contributed by atoms with Crippen LogP contribution in [0.2, 0.25) is 20.1 Å². The Hall–Kier alpha value is -10.1. The number of nitrogens with zero attached hydrogens (tertiary/aromatic N) is 2. The van der Waals surface area contributed by atoms with Crippen LogP contribution in [-0.4, -0.2) is 89.5 Å². The van der Waals surface area contributed by atoms with Crippen LogP contribution in [0, 0.1) is 0 Å². The highest BCUT2D eigenvalue weighted by atomic mass is 35.5. The van der Waals surface area contributed by atoms with Gasteiger partial charge in [-0.05, 0) is 108 Å². The van der Waals surface area contributed by atoms with E-state index in [9.17, 15) is 14.4 Å². The Kier molecular flexibility index (Phi) is 15.9. The number of fused-ring (bicyclic) bond motifs is 2. The first kappa shape index (κ1) is 59.5. The number of amides is 5. The van der Waals surface area contributed by atoms with E-state index >= 15 is 19.2 Å². The molecule has 14 rings (SSSR count). The Morgan fingerprint density at radius 1 is 0.478 bits per heavy atom. The highest BCUT2D eigenvalue weighted by Gasteiger charge is 2.46. The summed E-state index contributed by atoms with van der Waals surface area (Å²) in [4.78, 5) is 107. The summed E-state index contributed by atoms with van der Waals surface area (Å²) in [7, 11) is 0. The van der Waals surface area contributed by atoms with Crippen molar-refractivity contribution >= 4 is 131 Å². The third-order valence-electron chi connectivity index (χ3n) is 16.2. The van der Waals surface area contributed by atoms with Crippen LogP contribution in [0.4, 0.5) is 0 Å². The third kappa shape index (κ3) is 11.3. The van der Waals surface area contributed by atoms with Gasteiger partial charge < -0.3 is 38.5 Å². The molecule has 456 valence electrons. The van der Waals surface area contributed by atoms with E-state index in [0.717, 1.165) is 9.80 Å². The van der Waals surface area contributed by atoms with Crippen LogP contribution in [0.5, 0.6) is 46.0 Å². The molecule has 0 saturated carbocycles. The number of ether oxygens (including phenoxy) is 6. The number of benzene rings is 11. The molecule has 0 aliphatic carbocycles. The molecule has 16 nitrogen and oxygen atoms in total. The van der Waals surface area contributed by atoms with E-state index in [4.69, 9.17) is 74.8 Å². The van der Waals surface area contributed by atoms with Gasteiger partial charge >= 0.3 is 5.97 Å². The molecule has 1 fully saturated rings. The fourth-order valence-corrected chi connectivity index (χ4v) is 12.8. The largest absolute Gasteiger partial charge is 0.464 e. The minimum atomic E-state index is -1.63. The second-order valence-electron chi connectivity index (χ2n) is 22.2. The van der Waals surface area contributed by atoms with E-state index in [1.54, 1.807) is 152 Å². The molecule has 0 bridgehead atoms. The number of hydrogen-bond acceptors (Lipinski definition) is 13. The van der Waals surface area contributed by atoms with Gasteiger partial charge in [0.1, 0.15) is 64.9 Å². The van der Waals surface area contributed by atoms with E-state index < -0.39 is 47.6 Å². The number of hydrogen-bond donors (Lipinski definition) is 1. The molecular weight excluding hydrogens is 1260 g/mol. The fourth-order valence-electron chi connectivity index (χ4n) is 12.1. The molecule has 11 aromatic carbocycles. The summed E-state index contributed by atoms with van der Waals surface area (Å²) in [6.07, 6.45) is 0.00362. The number of halogens is 4. The van der Waals surface area contributed by atoms with Crippen LogP contribution in [0.3, 0.4) is 0 Å². The van der Waals surface area contributed by atoms with Crippen molar-refractivity contribution in [3.8, 4) is 46.0 Å². The Morgan fingerprint density at radius 2 is 0.848 bits per heavy atom. The van der Waals surface area contributed by atoms with Crippen molar-refractivity contribution in [1.29, 1.82) is 0 Å². The average molecular weight is 1300 g/mol. The van der Waals surface area contributed by atoms with Gasteiger partial charge in [0.25, 0.3) is 23.6 Å². The van der Waals surface area contributed by atoms with E-state index in [1.165, 1.54) is 24.3 Å². The lowest BCUT2D eigenvalue weighted by molar-refractivity contribution is -0.149. The fraction of sp³-hybridized carbons (Fsp3) is 0.125. The number of imide groups is 2. The molecule has 20 heteroatoms. The molecular formula is C72H47Cl4N3O13. The van der Waals surface area contributed by atoms with Crippen LogP contribution in [-0.2, 0) is 36.7 Å². The first-order chi connectivity index (χ1) is 44.7. The molecule has 3 heterocycles. The first-order valence-electron chi connectivity index (χ1n) is 29.1. The van der Waals surface area contributed by atoms with Crippen LogP contribution >= 0.6 is 46.4 Å². The molecule has 1 N–H and O–H groups in total. The average Bonchev–Trinajstić information content (AvgIpc) is 0.840. The maximum atomic E-state index is 16.2. The van der Waals surface area contributed by atoms with Crippen LogP contribution in [0.15, 0.2) is 182 Å². The van der Waals surface area contributed by atoms with Gasteiger partial charge in [-0.2, -0.15) is 0 Å². The van der Waals surface area contributed by atoms with Gasteiger partial charge in [-0.15, -0.1) is 0 Å². The molecule has 3 unspecified atom stereocenters. The zero-order chi connectivity index (χ0) is 63.5. The molecule has 3 aliphatic rings. The molecule has 3 atom stereocenters. The summed E-state index contributed by atoms with van der Waals surface area (Å²) < 4.78 is 39.1. The lowest BCUT2D eigenvalue weighted by atomic mass is 9.80. The molecule has 11 aromatic rings. The topological polar surface area (TPSA) is 197 Å². The summed E-state index contributed by atoms with van der Waals surface area (Å²) in [5, 5.41) is 5.07. The predicted octanol–water partition coefficient (Wildman–Crippen LogP) is 15.6. The third-order valence-corrected chi connectivity index (χ3v) is 17.1. The highest BCUT2D eigenvalue weighted by Crippen LogP contribution is 2.58. The summed E-state index contributed by atoms with van der Waals surface area (Å²) in [6.45, 7) is 0.413. The van der Waals surface area contributed by atoms with E-state index in [-0.39, 0.29) is 160 Å². The summed E-state index contributed by atoms with van der Waals surface area (Å²) in [6, 6.07) is 46.7. The predicted molar refractivity (Wildman–Crippen MR) is 347 cm³/mol. The van der Waals surface area contributed by atoms with E-state index in [1.807, 2.05) is 6.07 Å². The quantitative estimate of drug-likeness (QED) is 0.0178. The van der Waals surface area contributed by atoms with Gasteiger partial charge in [0, 0.05) is 82.6 Å². The Morgan fingerprint density at radius 3 is 1.21 bits per heavy atom. The van der Waals surface area contributed by atoms with E-state index in [2.05, 4.69) is 5.32 Å². The SMILES string of the molecule is O=CC(Cc1ccccc1)N1C(=O)c2cc(Oc3cccc(Cl)c3)c3c4c(Oc5cccc(Cl)c5)cc5c6c(cc(Oc7cccc(Cl)c7)c(c7c(Oc8cccc(Cl)c8)cc(c2c37)C1=O)c64)C(=O)N(C(Cc1ccccc1)C(=O)OCCC(=O)NCC1CO1)C5=O. The van der Waals surface area contributed by atoms with Gasteiger partial charge in [-0.1, -0.05) is 131 Å². The van der Waals surface area contributed by atoms with Crippen molar-refractivity contribution in [2.24, 2.45) is 0 Å². The number of aldehydes is 1. The Labute approximate surface area is 543 Å². The van der Waals surface area contributed by atoms with Crippen LogP contribution in [0.1, 0.15) is 59.0 Å². The number of esters is 1. The Balaban J connectivity index is 1.10. The van der Waals surface area contributed by atoms with E-state index in [0.29, 0.717) is 34.1 Å².